The van der Waals surface area contributed by atoms with Crippen molar-refractivity contribution >= 4 is 17.8 Å². The largest absolute Gasteiger partial charge is 0.494 e. The summed E-state index contributed by atoms with van der Waals surface area (Å²) in [6, 6.07) is 13.0. The SMILES string of the molecule is CCCCCCCCCOc1ccc(CCCOc2ccc(C(=O)OC)cc2C(=O)N2CCC(C(=O)OC)CC2)cc1. The zero-order valence-corrected chi connectivity index (χ0v) is 25.5. The van der Waals surface area contributed by atoms with Gasteiger partial charge in [-0.15, -0.1) is 0 Å². The van der Waals surface area contributed by atoms with E-state index in [0.29, 0.717) is 43.9 Å². The molecule has 3 rings (SSSR count). The Morgan fingerprint density at radius 2 is 1.45 bits per heavy atom. The van der Waals surface area contributed by atoms with Crippen LogP contribution in [0.3, 0.4) is 0 Å². The van der Waals surface area contributed by atoms with E-state index in [9.17, 15) is 14.4 Å². The Labute approximate surface area is 250 Å². The molecule has 1 amide bonds. The minimum Gasteiger partial charge on any atom is -0.494 e. The fourth-order valence-corrected chi connectivity index (χ4v) is 5.18. The van der Waals surface area contributed by atoms with Gasteiger partial charge in [-0.25, -0.2) is 4.79 Å². The van der Waals surface area contributed by atoms with Gasteiger partial charge in [-0.05, 0) is 68.0 Å². The Balaban J connectivity index is 1.48. The number of nitrogens with zero attached hydrogens (tertiary/aromatic N) is 1. The van der Waals surface area contributed by atoms with E-state index in [4.69, 9.17) is 18.9 Å². The van der Waals surface area contributed by atoms with Gasteiger partial charge in [0.05, 0.1) is 44.5 Å². The van der Waals surface area contributed by atoms with Crippen LogP contribution >= 0.6 is 0 Å². The Morgan fingerprint density at radius 3 is 2.12 bits per heavy atom. The summed E-state index contributed by atoms with van der Waals surface area (Å²) >= 11 is 0. The number of ether oxygens (including phenoxy) is 4. The number of methoxy groups -OCH3 is 2. The molecular formula is C34H47NO7. The molecular weight excluding hydrogens is 534 g/mol. The number of unbranched alkanes of at least 4 members (excludes halogenated alkanes) is 6. The lowest BCUT2D eigenvalue weighted by Gasteiger charge is -2.31. The number of aryl methyl sites for hydroxylation is 1. The lowest BCUT2D eigenvalue weighted by atomic mass is 9.96. The highest BCUT2D eigenvalue weighted by Gasteiger charge is 2.30. The molecule has 0 spiro atoms. The summed E-state index contributed by atoms with van der Waals surface area (Å²) in [5.41, 5.74) is 1.79. The normalized spacial score (nSPS) is 13.5. The van der Waals surface area contributed by atoms with Crippen molar-refractivity contribution in [2.24, 2.45) is 5.92 Å². The second-order valence-electron chi connectivity index (χ2n) is 10.9. The number of piperidine rings is 1. The summed E-state index contributed by atoms with van der Waals surface area (Å²) in [6.45, 7) is 4.26. The maximum absolute atomic E-state index is 13.4. The summed E-state index contributed by atoms with van der Waals surface area (Å²) in [4.78, 5) is 39.2. The van der Waals surface area contributed by atoms with Gasteiger partial charge in [-0.1, -0.05) is 57.6 Å². The molecule has 0 bridgehead atoms. The van der Waals surface area contributed by atoms with E-state index in [1.165, 1.54) is 64.4 Å². The number of carbonyl (C=O) groups excluding carboxylic acids is 3. The fourth-order valence-electron chi connectivity index (χ4n) is 5.18. The number of hydrogen-bond acceptors (Lipinski definition) is 7. The van der Waals surface area contributed by atoms with Gasteiger partial charge in [0.1, 0.15) is 11.5 Å². The molecule has 8 nitrogen and oxygen atoms in total. The lowest BCUT2D eigenvalue weighted by molar-refractivity contribution is -0.146. The first-order valence-electron chi connectivity index (χ1n) is 15.4. The third-order valence-electron chi connectivity index (χ3n) is 7.76. The van der Waals surface area contributed by atoms with Crippen molar-refractivity contribution < 1.29 is 33.3 Å². The quantitative estimate of drug-likeness (QED) is 0.153. The van der Waals surface area contributed by atoms with Crippen molar-refractivity contribution in [2.75, 3.05) is 40.5 Å². The monoisotopic (exact) mass is 581 g/mol. The molecule has 0 atom stereocenters. The summed E-state index contributed by atoms with van der Waals surface area (Å²) in [6.07, 6.45) is 11.5. The van der Waals surface area contributed by atoms with Crippen LogP contribution < -0.4 is 9.47 Å². The predicted octanol–water partition coefficient (Wildman–Crippen LogP) is 6.64. The second kappa shape index (κ2) is 18.1. The van der Waals surface area contributed by atoms with Gasteiger partial charge in [0.2, 0.25) is 0 Å². The van der Waals surface area contributed by atoms with Gasteiger partial charge >= 0.3 is 11.9 Å². The molecule has 2 aromatic carbocycles. The average molecular weight is 582 g/mol. The predicted molar refractivity (Wildman–Crippen MR) is 162 cm³/mol. The highest BCUT2D eigenvalue weighted by atomic mass is 16.5. The lowest BCUT2D eigenvalue weighted by Crippen LogP contribution is -2.40. The van der Waals surface area contributed by atoms with Gasteiger partial charge in [0.25, 0.3) is 5.91 Å². The maximum atomic E-state index is 13.4. The third-order valence-corrected chi connectivity index (χ3v) is 7.76. The number of amides is 1. The molecule has 42 heavy (non-hydrogen) atoms. The Morgan fingerprint density at radius 1 is 0.786 bits per heavy atom. The molecule has 0 aromatic heterocycles. The van der Waals surface area contributed by atoms with Gasteiger partial charge in [-0.3, -0.25) is 9.59 Å². The zero-order valence-electron chi connectivity index (χ0n) is 25.5. The van der Waals surface area contributed by atoms with Gasteiger partial charge < -0.3 is 23.8 Å². The smallest absolute Gasteiger partial charge is 0.337 e. The van der Waals surface area contributed by atoms with Crippen molar-refractivity contribution in [1.29, 1.82) is 0 Å². The van der Waals surface area contributed by atoms with E-state index in [0.717, 1.165) is 31.6 Å². The van der Waals surface area contributed by atoms with Crippen LogP contribution in [-0.4, -0.2) is 63.3 Å². The summed E-state index contributed by atoms with van der Waals surface area (Å²) in [5, 5.41) is 0. The van der Waals surface area contributed by atoms with Crippen LogP contribution in [0.4, 0.5) is 0 Å². The van der Waals surface area contributed by atoms with Gasteiger partial charge in [0.15, 0.2) is 0 Å². The number of likely N-dealkylation sites (tertiary alicyclic amines) is 1. The Hall–Kier alpha value is -3.55. The van der Waals surface area contributed by atoms with Crippen LogP contribution in [0.5, 0.6) is 11.5 Å². The van der Waals surface area contributed by atoms with Crippen LogP contribution in [0.25, 0.3) is 0 Å². The van der Waals surface area contributed by atoms with E-state index in [1.807, 2.05) is 12.1 Å². The molecule has 230 valence electrons. The molecule has 1 saturated heterocycles. The van der Waals surface area contributed by atoms with Crippen molar-refractivity contribution in [2.45, 2.75) is 77.6 Å². The standard InChI is InChI=1S/C34H47NO7/c1-4-5-6-7-8-9-10-23-41-29-16-13-26(14-17-29)12-11-24-42-31-18-15-28(34(38)40-3)25-30(31)32(36)35-21-19-27(20-22-35)33(37)39-2/h13-18,25,27H,4-12,19-24H2,1-3H3. The van der Waals surface area contributed by atoms with Crippen molar-refractivity contribution in [3.63, 3.8) is 0 Å². The first kappa shape index (κ1) is 33.0. The summed E-state index contributed by atoms with van der Waals surface area (Å²) in [7, 11) is 2.69. The molecule has 1 fully saturated rings. The van der Waals surface area contributed by atoms with E-state index in [-0.39, 0.29) is 23.4 Å². The van der Waals surface area contributed by atoms with Crippen molar-refractivity contribution in [3.05, 3.63) is 59.2 Å². The Kier molecular flexibility index (Phi) is 14.2. The van der Waals surface area contributed by atoms with Crippen molar-refractivity contribution in [1.82, 2.24) is 4.90 Å². The molecule has 0 unspecified atom stereocenters. The fraction of sp³-hybridized carbons (Fsp3) is 0.559. The van der Waals surface area contributed by atoms with E-state index in [1.54, 1.807) is 17.0 Å². The van der Waals surface area contributed by atoms with E-state index < -0.39 is 5.97 Å². The molecule has 1 heterocycles. The molecule has 2 aromatic rings. The highest BCUT2D eigenvalue weighted by Crippen LogP contribution is 2.26. The number of rotatable bonds is 17. The molecule has 8 heteroatoms. The number of carbonyl (C=O) groups is 3. The third kappa shape index (κ3) is 10.4. The second-order valence-corrected chi connectivity index (χ2v) is 10.9. The maximum Gasteiger partial charge on any atom is 0.337 e. The number of esters is 2. The summed E-state index contributed by atoms with van der Waals surface area (Å²) in [5.74, 6) is 0.120. The molecule has 0 aliphatic carbocycles. The van der Waals surface area contributed by atoms with Crippen LogP contribution in [0.2, 0.25) is 0 Å². The van der Waals surface area contributed by atoms with Crippen LogP contribution in [0.1, 0.15) is 97.4 Å². The van der Waals surface area contributed by atoms with Crippen LogP contribution in [0, 0.1) is 5.92 Å². The minimum absolute atomic E-state index is 0.207. The Bertz CT molecular complexity index is 1120. The number of hydrogen-bond donors (Lipinski definition) is 0. The van der Waals surface area contributed by atoms with E-state index >= 15 is 0 Å². The molecule has 1 aliphatic heterocycles. The zero-order chi connectivity index (χ0) is 30.2. The summed E-state index contributed by atoms with van der Waals surface area (Å²) < 4.78 is 21.6. The van der Waals surface area contributed by atoms with Gasteiger partial charge in [0, 0.05) is 13.1 Å². The first-order valence-corrected chi connectivity index (χ1v) is 15.4. The topological polar surface area (TPSA) is 91.4 Å². The van der Waals surface area contributed by atoms with Crippen LogP contribution in [-0.2, 0) is 20.7 Å². The van der Waals surface area contributed by atoms with Crippen molar-refractivity contribution in [3.8, 4) is 11.5 Å². The highest BCUT2D eigenvalue weighted by molar-refractivity contribution is 6.00. The molecule has 1 aliphatic rings. The molecule has 0 saturated carbocycles. The minimum atomic E-state index is -0.519. The first-order chi connectivity index (χ1) is 20.5. The van der Waals surface area contributed by atoms with E-state index in [2.05, 4.69) is 19.1 Å². The van der Waals surface area contributed by atoms with Crippen LogP contribution in [0.15, 0.2) is 42.5 Å². The molecule has 0 radical (unpaired) electrons. The van der Waals surface area contributed by atoms with Gasteiger partial charge in [-0.2, -0.15) is 0 Å². The number of benzene rings is 2. The molecule has 0 N–H and O–H groups in total. The average Bonchev–Trinajstić information content (AvgIpc) is 3.04.